The minimum Gasteiger partial charge on any atom is -0.267 e. The molecule has 0 radical (unpaired) electrons. The highest BCUT2D eigenvalue weighted by atomic mass is 35.5. The van der Waals surface area contributed by atoms with Crippen molar-refractivity contribution >= 4 is 29.3 Å². The molecule has 0 aliphatic heterocycles. The summed E-state index contributed by atoms with van der Waals surface area (Å²) in [6, 6.07) is 16.7. The molecule has 0 fully saturated rings. The fourth-order valence-corrected chi connectivity index (χ4v) is 3.02. The maximum Gasteiger partial charge on any atom is 0.278 e. The zero-order valence-electron chi connectivity index (χ0n) is 11.9. The Hall–Kier alpha value is -2.04. The molecule has 0 atom stereocenters. The average Bonchev–Trinajstić information content (AvgIpc) is 2.91. The van der Waals surface area contributed by atoms with Crippen LogP contribution in [0.25, 0.3) is 0 Å². The third-order valence-corrected chi connectivity index (χ3v) is 4.60. The molecule has 0 spiro atoms. The maximum absolute atomic E-state index is 12.5. The van der Waals surface area contributed by atoms with E-state index in [1.54, 1.807) is 30.1 Å². The average molecular weight is 329 g/mol. The maximum atomic E-state index is 12.5. The summed E-state index contributed by atoms with van der Waals surface area (Å²) in [4.78, 5) is 14.5. The lowest BCUT2D eigenvalue weighted by molar-refractivity contribution is 0.0942. The summed E-state index contributed by atoms with van der Waals surface area (Å²) in [7, 11) is 0. The van der Waals surface area contributed by atoms with Gasteiger partial charge in [0, 0.05) is 15.5 Å². The zero-order chi connectivity index (χ0) is 15.5. The zero-order valence-corrected chi connectivity index (χ0v) is 13.4. The molecule has 110 valence electrons. The summed E-state index contributed by atoms with van der Waals surface area (Å²) in [6.45, 7) is 1.89. The van der Waals surface area contributed by atoms with E-state index in [9.17, 15) is 4.79 Å². The first kappa shape index (κ1) is 14.9. The Kier molecular flexibility index (Phi) is 4.32. The number of rotatable bonds is 3. The van der Waals surface area contributed by atoms with Crippen molar-refractivity contribution in [1.29, 1.82) is 0 Å². The van der Waals surface area contributed by atoms with Crippen molar-refractivity contribution in [3.8, 4) is 0 Å². The van der Waals surface area contributed by atoms with Crippen LogP contribution in [0.4, 0.5) is 0 Å². The van der Waals surface area contributed by atoms with E-state index in [0.29, 0.717) is 10.6 Å². The summed E-state index contributed by atoms with van der Waals surface area (Å²) in [5.41, 5.74) is 1.45. The molecule has 3 aromatic rings. The highest BCUT2D eigenvalue weighted by Gasteiger charge is 2.15. The van der Waals surface area contributed by atoms with E-state index >= 15 is 0 Å². The van der Waals surface area contributed by atoms with Crippen LogP contribution in [-0.2, 0) is 0 Å². The highest BCUT2D eigenvalue weighted by Crippen LogP contribution is 2.30. The Labute approximate surface area is 137 Å². The Morgan fingerprint density at radius 3 is 2.45 bits per heavy atom. The molecule has 5 heteroatoms. The number of aromatic nitrogens is 2. The smallest absolute Gasteiger partial charge is 0.267 e. The van der Waals surface area contributed by atoms with Crippen LogP contribution >= 0.6 is 23.4 Å². The second-order valence-corrected chi connectivity index (χ2v) is 6.28. The van der Waals surface area contributed by atoms with Crippen LogP contribution in [0, 0.1) is 6.92 Å². The van der Waals surface area contributed by atoms with Gasteiger partial charge in [-0.15, -0.1) is 0 Å². The van der Waals surface area contributed by atoms with Gasteiger partial charge in [-0.3, -0.25) is 4.79 Å². The van der Waals surface area contributed by atoms with Crippen LogP contribution in [0.15, 0.2) is 70.6 Å². The molecule has 0 amide bonds. The molecule has 0 unspecified atom stereocenters. The van der Waals surface area contributed by atoms with E-state index in [1.807, 2.05) is 49.4 Å². The van der Waals surface area contributed by atoms with E-state index in [-0.39, 0.29) is 5.91 Å². The quantitative estimate of drug-likeness (QED) is 0.700. The van der Waals surface area contributed by atoms with Crippen molar-refractivity contribution < 1.29 is 4.79 Å². The first-order valence-corrected chi connectivity index (χ1v) is 7.92. The van der Waals surface area contributed by atoms with Crippen LogP contribution in [0.3, 0.4) is 0 Å². The fraction of sp³-hybridized carbons (Fsp3) is 0.0588. The molecule has 2 aromatic carbocycles. The van der Waals surface area contributed by atoms with Crippen LogP contribution in [0.5, 0.6) is 0 Å². The number of carbonyl (C=O) groups excluding carboxylic acids is 1. The van der Waals surface area contributed by atoms with Gasteiger partial charge in [-0.05, 0) is 43.3 Å². The molecule has 0 saturated heterocycles. The summed E-state index contributed by atoms with van der Waals surface area (Å²) >= 11 is 7.45. The van der Waals surface area contributed by atoms with Gasteiger partial charge in [0.2, 0.25) is 0 Å². The number of hydrogen-bond acceptors (Lipinski definition) is 3. The van der Waals surface area contributed by atoms with E-state index in [4.69, 9.17) is 11.6 Å². The molecular weight excluding hydrogens is 316 g/mol. The van der Waals surface area contributed by atoms with Crippen LogP contribution in [0.1, 0.15) is 16.1 Å². The van der Waals surface area contributed by atoms with Gasteiger partial charge in [0.1, 0.15) is 0 Å². The normalized spacial score (nSPS) is 10.6. The third-order valence-electron chi connectivity index (χ3n) is 3.22. The predicted molar refractivity (Wildman–Crippen MR) is 88.7 cm³/mol. The van der Waals surface area contributed by atoms with Crippen molar-refractivity contribution in [3.05, 3.63) is 77.1 Å². The van der Waals surface area contributed by atoms with Crippen LogP contribution in [-0.4, -0.2) is 15.7 Å². The van der Waals surface area contributed by atoms with Gasteiger partial charge in [-0.1, -0.05) is 41.6 Å². The molecule has 0 aliphatic carbocycles. The largest absolute Gasteiger partial charge is 0.278 e. The second-order valence-electron chi connectivity index (χ2n) is 4.73. The topological polar surface area (TPSA) is 34.9 Å². The molecule has 3 rings (SSSR count). The third kappa shape index (κ3) is 3.08. The van der Waals surface area contributed by atoms with E-state index in [2.05, 4.69) is 5.10 Å². The Bertz CT molecular complexity index is 797. The first-order valence-electron chi connectivity index (χ1n) is 6.73. The standard InChI is InChI=1S/C17H13ClN2OS/c1-12-16(22-15-9-7-14(18)8-10-15)11-19-20(12)17(21)13-5-3-2-4-6-13/h2-11H,1H3. The minimum atomic E-state index is -0.124. The van der Waals surface area contributed by atoms with Crippen molar-refractivity contribution in [2.45, 2.75) is 16.7 Å². The molecule has 0 saturated carbocycles. The molecule has 3 nitrogen and oxygen atoms in total. The molecular formula is C17H13ClN2OS. The van der Waals surface area contributed by atoms with Crippen molar-refractivity contribution in [2.24, 2.45) is 0 Å². The monoisotopic (exact) mass is 328 g/mol. The van der Waals surface area contributed by atoms with Crippen LogP contribution < -0.4 is 0 Å². The number of hydrogen-bond donors (Lipinski definition) is 0. The van der Waals surface area contributed by atoms with Gasteiger partial charge in [0.25, 0.3) is 5.91 Å². The lowest BCUT2D eigenvalue weighted by Gasteiger charge is -2.04. The molecule has 0 N–H and O–H groups in total. The van der Waals surface area contributed by atoms with Gasteiger partial charge < -0.3 is 0 Å². The summed E-state index contributed by atoms with van der Waals surface area (Å²) in [6.07, 6.45) is 1.72. The minimum absolute atomic E-state index is 0.124. The Morgan fingerprint density at radius 2 is 1.77 bits per heavy atom. The molecule has 0 bridgehead atoms. The van der Waals surface area contributed by atoms with Crippen molar-refractivity contribution in [2.75, 3.05) is 0 Å². The van der Waals surface area contributed by atoms with Gasteiger partial charge in [0.15, 0.2) is 0 Å². The predicted octanol–water partition coefficient (Wildman–Crippen LogP) is 4.68. The number of nitrogens with zero attached hydrogens (tertiary/aromatic N) is 2. The highest BCUT2D eigenvalue weighted by molar-refractivity contribution is 7.99. The van der Waals surface area contributed by atoms with Gasteiger partial charge in [0.05, 0.1) is 16.8 Å². The summed E-state index contributed by atoms with van der Waals surface area (Å²) in [5, 5.41) is 4.93. The van der Waals surface area contributed by atoms with E-state index < -0.39 is 0 Å². The Morgan fingerprint density at radius 1 is 1.09 bits per heavy atom. The van der Waals surface area contributed by atoms with E-state index in [0.717, 1.165) is 15.5 Å². The van der Waals surface area contributed by atoms with Crippen molar-refractivity contribution in [3.63, 3.8) is 0 Å². The fourth-order valence-electron chi connectivity index (χ4n) is 2.03. The van der Waals surface area contributed by atoms with Crippen LogP contribution in [0.2, 0.25) is 5.02 Å². The molecule has 1 aromatic heterocycles. The first-order chi connectivity index (χ1) is 10.6. The van der Waals surface area contributed by atoms with Gasteiger partial charge in [-0.25, -0.2) is 0 Å². The lowest BCUT2D eigenvalue weighted by Crippen LogP contribution is -2.14. The second kappa shape index (κ2) is 6.38. The molecule has 1 heterocycles. The summed E-state index contributed by atoms with van der Waals surface area (Å²) < 4.78 is 1.44. The SMILES string of the molecule is Cc1c(Sc2ccc(Cl)cc2)cnn1C(=O)c1ccccc1. The van der Waals surface area contributed by atoms with Gasteiger partial charge in [-0.2, -0.15) is 9.78 Å². The van der Waals surface area contributed by atoms with Crippen molar-refractivity contribution in [1.82, 2.24) is 9.78 Å². The number of carbonyl (C=O) groups is 1. The van der Waals surface area contributed by atoms with Gasteiger partial charge >= 0.3 is 0 Å². The lowest BCUT2D eigenvalue weighted by atomic mass is 10.2. The number of benzene rings is 2. The molecule has 22 heavy (non-hydrogen) atoms. The Balaban J connectivity index is 1.86. The molecule has 0 aliphatic rings. The summed E-state index contributed by atoms with van der Waals surface area (Å²) in [5.74, 6) is -0.124. The number of halogens is 1. The van der Waals surface area contributed by atoms with E-state index in [1.165, 1.54) is 4.68 Å².